The summed E-state index contributed by atoms with van der Waals surface area (Å²) < 4.78 is 0. The van der Waals surface area contributed by atoms with Crippen molar-refractivity contribution >= 4 is 41.4 Å². The topological polar surface area (TPSA) is 174 Å². The number of carbonyl (C=O) groups excluding carboxylic acids is 3. The van der Waals surface area contributed by atoms with E-state index < -0.39 is 54.3 Å². The lowest BCUT2D eigenvalue weighted by Gasteiger charge is -2.23. The molecule has 1 heterocycles. The van der Waals surface area contributed by atoms with E-state index in [1.54, 1.807) is 0 Å². The first-order chi connectivity index (χ1) is 13.7. The predicted octanol–water partition coefficient (Wildman–Crippen LogP) is -1.47. The Kier molecular flexibility index (Phi) is 11.1. The molecule has 0 spiro atoms. The summed E-state index contributed by atoms with van der Waals surface area (Å²) in [6.07, 6.45) is 3.04. The molecule has 3 unspecified atom stereocenters. The molecule has 3 atom stereocenters. The van der Waals surface area contributed by atoms with E-state index in [1.807, 2.05) is 6.26 Å². The molecule has 1 fully saturated rings. The summed E-state index contributed by atoms with van der Waals surface area (Å²) in [4.78, 5) is 58.8. The molecule has 0 aromatic carbocycles. The number of carbonyl (C=O) groups is 5. The Balaban J connectivity index is 2.79. The number of carboxylic acid groups (broad SMARTS) is 2. The molecule has 0 saturated carbocycles. The molecule has 29 heavy (non-hydrogen) atoms. The number of hydrogen-bond acceptors (Lipinski definition) is 7. The highest BCUT2D eigenvalue weighted by Gasteiger charge is 2.30. The number of rotatable bonds is 13. The summed E-state index contributed by atoms with van der Waals surface area (Å²) in [6, 6.07) is -2.56. The van der Waals surface area contributed by atoms with Crippen LogP contribution in [0.5, 0.6) is 0 Å². The second-order valence-corrected chi connectivity index (χ2v) is 7.58. The van der Waals surface area contributed by atoms with E-state index in [2.05, 4.69) is 21.3 Å². The predicted molar refractivity (Wildman–Crippen MR) is 105 cm³/mol. The number of aliphatic carboxylic acids is 2. The molecule has 0 aromatic heterocycles. The molecule has 1 rings (SSSR count). The number of carboxylic acids is 2. The highest BCUT2D eigenvalue weighted by Crippen LogP contribution is 2.08. The van der Waals surface area contributed by atoms with Crippen LogP contribution in [0.4, 0.5) is 0 Å². The summed E-state index contributed by atoms with van der Waals surface area (Å²) >= 11 is 1.45. The maximum absolute atomic E-state index is 12.7. The van der Waals surface area contributed by atoms with E-state index in [-0.39, 0.29) is 19.3 Å². The van der Waals surface area contributed by atoms with Crippen molar-refractivity contribution in [2.45, 2.75) is 50.2 Å². The quantitative estimate of drug-likeness (QED) is 0.203. The minimum atomic E-state index is -1.22. The molecule has 12 heteroatoms. The molecule has 3 amide bonds. The minimum absolute atomic E-state index is 0.133. The van der Waals surface area contributed by atoms with Crippen molar-refractivity contribution in [1.82, 2.24) is 21.3 Å². The summed E-state index contributed by atoms with van der Waals surface area (Å²) in [5.74, 6) is -3.55. The molecule has 11 nitrogen and oxygen atoms in total. The van der Waals surface area contributed by atoms with E-state index in [4.69, 9.17) is 10.2 Å². The van der Waals surface area contributed by atoms with Gasteiger partial charge in [-0.15, -0.1) is 0 Å². The van der Waals surface area contributed by atoms with Gasteiger partial charge in [0.1, 0.15) is 18.6 Å². The molecule has 1 saturated heterocycles. The van der Waals surface area contributed by atoms with Crippen LogP contribution >= 0.6 is 11.8 Å². The van der Waals surface area contributed by atoms with Gasteiger partial charge in [-0.25, -0.2) is 0 Å². The lowest BCUT2D eigenvalue weighted by Crippen LogP contribution is -2.56. The molecule has 164 valence electrons. The fraction of sp³-hybridized carbons (Fsp3) is 0.706. The SMILES string of the molecule is CSCCC(NC(=O)C(CCC(=O)O)NC(=O)C1CCCN1)C(=O)NCC(=O)O. The van der Waals surface area contributed by atoms with Crippen molar-refractivity contribution < 1.29 is 34.2 Å². The zero-order valence-electron chi connectivity index (χ0n) is 16.2. The van der Waals surface area contributed by atoms with Gasteiger partial charge in [-0.05, 0) is 44.2 Å². The van der Waals surface area contributed by atoms with Crippen LogP contribution < -0.4 is 21.3 Å². The van der Waals surface area contributed by atoms with Gasteiger partial charge in [-0.3, -0.25) is 24.0 Å². The van der Waals surface area contributed by atoms with Crippen molar-refractivity contribution in [3.63, 3.8) is 0 Å². The lowest BCUT2D eigenvalue weighted by atomic mass is 10.1. The summed E-state index contributed by atoms with van der Waals surface area (Å²) in [6.45, 7) is 0.0988. The highest BCUT2D eigenvalue weighted by molar-refractivity contribution is 7.98. The lowest BCUT2D eigenvalue weighted by molar-refractivity contribution is -0.138. The van der Waals surface area contributed by atoms with Gasteiger partial charge < -0.3 is 31.5 Å². The van der Waals surface area contributed by atoms with Crippen LogP contribution in [0.1, 0.15) is 32.1 Å². The van der Waals surface area contributed by atoms with Gasteiger partial charge in [0.05, 0.1) is 6.04 Å². The van der Waals surface area contributed by atoms with Crippen molar-refractivity contribution in [1.29, 1.82) is 0 Å². The molecule has 1 aliphatic rings. The largest absolute Gasteiger partial charge is 0.481 e. The molecule has 6 N–H and O–H groups in total. The number of thioether (sulfide) groups is 1. The van der Waals surface area contributed by atoms with Crippen LogP contribution in [0.2, 0.25) is 0 Å². The molecule has 0 bridgehead atoms. The number of hydrogen-bond donors (Lipinski definition) is 6. The van der Waals surface area contributed by atoms with E-state index in [0.29, 0.717) is 18.7 Å². The number of amides is 3. The highest BCUT2D eigenvalue weighted by atomic mass is 32.2. The zero-order chi connectivity index (χ0) is 21.8. The van der Waals surface area contributed by atoms with Crippen LogP contribution in [0, 0.1) is 0 Å². The van der Waals surface area contributed by atoms with Crippen LogP contribution in [-0.4, -0.2) is 83.1 Å². The van der Waals surface area contributed by atoms with Crippen molar-refractivity contribution in [2.24, 2.45) is 0 Å². The Morgan fingerprint density at radius 2 is 1.72 bits per heavy atom. The van der Waals surface area contributed by atoms with Gasteiger partial charge in [-0.2, -0.15) is 11.8 Å². The third-order valence-corrected chi connectivity index (χ3v) is 4.96. The zero-order valence-corrected chi connectivity index (χ0v) is 17.0. The third kappa shape index (κ3) is 9.61. The monoisotopic (exact) mass is 432 g/mol. The van der Waals surface area contributed by atoms with Gasteiger partial charge in [0, 0.05) is 6.42 Å². The molecule has 1 aliphatic heterocycles. The first-order valence-corrected chi connectivity index (χ1v) is 10.7. The van der Waals surface area contributed by atoms with Crippen molar-refractivity contribution in [2.75, 3.05) is 25.1 Å². The second-order valence-electron chi connectivity index (χ2n) is 6.60. The minimum Gasteiger partial charge on any atom is -0.481 e. The smallest absolute Gasteiger partial charge is 0.322 e. The molecule has 0 aromatic rings. The Labute approximate surface area is 172 Å². The summed E-state index contributed by atoms with van der Waals surface area (Å²) in [7, 11) is 0. The molecule has 0 aliphatic carbocycles. The van der Waals surface area contributed by atoms with Crippen molar-refractivity contribution in [3.8, 4) is 0 Å². The van der Waals surface area contributed by atoms with Gasteiger partial charge in [-0.1, -0.05) is 0 Å². The van der Waals surface area contributed by atoms with Crippen LogP contribution in [0.3, 0.4) is 0 Å². The fourth-order valence-corrected chi connectivity index (χ4v) is 3.25. The molecule has 0 radical (unpaired) electrons. The maximum Gasteiger partial charge on any atom is 0.322 e. The Morgan fingerprint density at radius 1 is 1.03 bits per heavy atom. The second kappa shape index (κ2) is 13.0. The first kappa shape index (κ1) is 24.7. The third-order valence-electron chi connectivity index (χ3n) is 4.31. The summed E-state index contributed by atoms with van der Waals surface area (Å²) in [5, 5.41) is 27.9. The van der Waals surface area contributed by atoms with Crippen LogP contribution in [-0.2, 0) is 24.0 Å². The summed E-state index contributed by atoms with van der Waals surface area (Å²) in [5.41, 5.74) is 0. The van der Waals surface area contributed by atoms with Gasteiger partial charge in [0.25, 0.3) is 0 Å². The van der Waals surface area contributed by atoms with Gasteiger partial charge in [0.2, 0.25) is 17.7 Å². The standard InChI is InChI=1S/C17H28N4O7S/c1-29-8-6-12(15(26)19-9-14(24)25)21-17(28)11(4-5-13(22)23)20-16(27)10-3-2-7-18-10/h10-12,18H,2-9H2,1H3,(H,19,26)(H,20,27)(H,21,28)(H,22,23)(H,24,25). The molecular weight excluding hydrogens is 404 g/mol. The Bertz CT molecular complexity index is 611. The van der Waals surface area contributed by atoms with E-state index in [1.165, 1.54) is 11.8 Å². The fourth-order valence-electron chi connectivity index (χ4n) is 2.78. The van der Waals surface area contributed by atoms with Crippen LogP contribution in [0.25, 0.3) is 0 Å². The van der Waals surface area contributed by atoms with Gasteiger partial charge in [0.15, 0.2) is 0 Å². The number of nitrogens with one attached hydrogen (secondary N) is 4. The average molecular weight is 432 g/mol. The Hall–Kier alpha value is -2.34. The maximum atomic E-state index is 12.7. The van der Waals surface area contributed by atoms with E-state index in [9.17, 15) is 24.0 Å². The molecular formula is C17H28N4O7S. The van der Waals surface area contributed by atoms with Crippen molar-refractivity contribution in [3.05, 3.63) is 0 Å². The first-order valence-electron chi connectivity index (χ1n) is 9.29. The van der Waals surface area contributed by atoms with Crippen LogP contribution in [0.15, 0.2) is 0 Å². The Morgan fingerprint density at radius 3 is 2.28 bits per heavy atom. The normalized spacial score (nSPS) is 17.8. The van der Waals surface area contributed by atoms with E-state index in [0.717, 1.165) is 6.42 Å². The van der Waals surface area contributed by atoms with E-state index >= 15 is 0 Å². The average Bonchev–Trinajstić information content (AvgIpc) is 3.20. The van der Waals surface area contributed by atoms with Gasteiger partial charge >= 0.3 is 11.9 Å².